The molecule has 22 heavy (non-hydrogen) atoms. The van der Waals surface area contributed by atoms with Gasteiger partial charge in [0, 0.05) is 12.6 Å². The Morgan fingerprint density at radius 3 is 2.59 bits per heavy atom. The smallest absolute Gasteiger partial charge is 0.224 e. The van der Waals surface area contributed by atoms with Crippen LogP contribution in [-0.4, -0.2) is 25.0 Å². The van der Waals surface area contributed by atoms with E-state index in [1.807, 2.05) is 0 Å². The number of halogens is 1. The number of nitrogens with one attached hydrogen (secondary N) is 2. The lowest BCUT2D eigenvalue weighted by atomic mass is 9.94. The zero-order chi connectivity index (χ0) is 15.1. The van der Waals surface area contributed by atoms with E-state index in [1.54, 1.807) is 0 Å². The number of carbonyl (C=O) groups is 1. The summed E-state index contributed by atoms with van der Waals surface area (Å²) in [5, 5.41) is 6.51. The van der Waals surface area contributed by atoms with Crippen LogP contribution in [0, 0.1) is 5.92 Å². The van der Waals surface area contributed by atoms with Crippen LogP contribution in [0.1, 0.15) is 44.2 Å². The SMILES string of the molecule is CCCCc1ccc(CC(=O)NC2CNCCC2C)cc1.Cl. The van der Waals surface area contributed by atoms with Crippen molar-refractivity contribution in [3.8, 4) is 0 Å². The Morgan fingerprint density at radius 1 is 1.27 bits per heavy atom. The molecule has 4 heteroatoms. The monoisotopic (exact) mass is 324 g/mol. The van der Waals surface area contributed by atoms with Crippen LogP contribution < -0.4 is 10.6 Å². The number of benzene rings is 1. The number of aryl methyl sites for hydroxylation is 1. The highest BCUT2D eigenvalue weighted by Gasteiger charge is 2.22. The third-order valence-corrected chi connectivity index (χ3v) is 4.38. The van der Waals surface area contributed by atoms with Crippen molar-refractivity contribution in [2.75, 3.05) is 13.1 Å². The fraction of sp³-hybridized carbons (Fsp3) is 0.611. The van der Waals surface area contributed by atoms with Gasteiger partial charge in [-0.25, -0.2) is 0 Å². The number of carbonyl (C=O) groups excluding carboxylic acids is 1. The molecule has 0 saturated carbocycles. The molecule has 0 spiro atoms. The first-order chi connectivity index (χ1) is 10.2. The average Bonchev–Trinajstić information content (AvgIpc) is 2.49. The van der Waals surface area contributed by atoms with Gasteiger partial charge in [-0.1, -0.05) is 44.5 Å². The number of hydrogen-bond acceptors (Lipinski definition) is 2. The second-order valence-electron chi connectivity index (χ2n) is 6.24. The predicted molar refractivity (Wildman–Crippen MR) is 94.6 cm³/mol. The third kappa shape index (κ3) is 5.98. The minimum absolute atomic E-state index is 0. The summed E-state index contributed by atoms with van der Waals surface area (Å²) in [6.45, 7) is 6.38. The number of amides is 1. The quantitative estimate of drug-likeness (QED) is 0.844. The Labute approximate surface area is 140 Å². The van der Waals surface area contributed by atoms with Crippen molar-refractivity contribution in [2.45, 2.75) is 52.0 Å². The molecule has 1 aromatic carbocycles. The van der Waals surface area contributed by atoms with Gasteiger partial charge >= 0.3 is 0 Å². The summed E-state index contributed by atoms with van der Waals surface area (Å²) in [5.74, 6) is 0.698. The van der Waals surface area contributed by atoms with Crippen molar-refractivity contribution in [1.29, 1.82) is 0 Å². The molecular formula is C18H29ClN2O. The predicted octanol–water partition coefficient (Wildman–Crippen LogP) is 3.11. The lowest BCUT2D eigenvalue weighted by molar-refractivity contribution is -0.121. The second kappa shape index (κ2) is 9.86. The van der Waals surface area contributed by atoms with Crippen LogP contribution in [-0.2, 0) is 17.6 Å². The zero-order valence-electron chi connectivity index (χ0n) is 13.7. The molecule has 1 amide bonds. The minimum Gasteiger partial charge on any atom is -0.352 e. The van der Waals surface area contributed by atoms with E-state index in [0.717, 1.165) is 31.5 Å². The van der Waals surface area contributed by atoms with Gasteiger partial charge < -0.3 is 10.6 Å². The largest absolute Gasteiger partial charge is 0.352 e. The lowest BCUT2D eigenvalue weighted by Crippen LogP contribution is -2.50. The van der Waals surface area contributed by atoms with Crippen LogP contribution >= 0.6 is 12.4 Å². The Balaban J connectivity index is 0.00000242. The Bertz CT molecular complexity index is 447. The average molecular weight is 325 g/mol. The second-order valence-corrected chi connectivity index (χ2v) is 6.24. The fourth-order valence-electron chi connectivity index (χ4n) is 2.83. The first kappa shape index (κ1) is 19.0. The maximum atomic E-state index is 12.1. The normalized spacial score (nSPS) is 21.0. The summed E-state index contributed by atoms with van der Waals surface area (Å²) in [7, 11) is 0. The van der Waals surface area contributed by atoms with Gasteiger partial charge in [0.25, 0.3) is 0 Å². The number of hydrogen-bond donors (Lipinski definition) is 2. The Kier molecular flexibility index (Phi) is 8.51. The highest BCUT2D eigenvalue weighted by Crippen LogP contribution is 2.12. The van der Waals surface area contributed by atoms with Crippen LogP contribution in [0.25, 0.3) is 0 Å². The van der Waals surface area contributed by atoms with E-state index in [0.29, 0.717) is 12.3 Å². The standard InChI is InChI=1S/C18H28N2O.ClH/c1-3-4-5-15-6-8-16(9-7-15)12-18(21)20-17-13-19-11-10-14(17)2;/h6-9,14,17,19H,3-5,10-13H2,1-2H3,(H,20,21);1H. The van der Waals surface area contributed by atoms with Crippen LogP contribution in [0.5, 0.6) is 0 Å². The summed E-state index contributed by atoms with van der Waals surface area (Å²) >= 11 is 0. The molecule has 124 valence electrons. The topological polar surface area (TPSA) is 41.1 Å². The molecule has 1 aliphatic rings. The molecule has 1 aromatic rings. The first-order valence-electron chi connectivity index (χ1n) is 8.27. The highest BCUT2D eigenvalue weighted by atomic mass is 35.5. The van der Waals surface area contributed by atoms with Crippen LogP contribution in [0.3, 0.4) is 0 Å². The molecular weight excluding hydrogens is 296 g/mol. The molecule has 2 unspecified atom stereocenters. The van der Waals surface area contributed by atoms with Gasteiger partial charge in [0.2, 0.25) is 5.91 Å². The summed E-state index contributed by atoms with van der Waals surface area (Å²) in [6.07, 6.45) is 5.20. The molecule has 1 fully saturated rings. The Hall–Kier alpha value is -1.06. The Morgan fingerprint density at radius 2 is 1.95 bits per heavy atom. The zero-order valence-corrected chi connectivity index (χ0v) is 14.5. The summed E-state index contributed by atoms with van der Waals surface area (Å²) < 4.78 is 0. The fourth-order valence-corrected chi connectivity index (χ4v) is 2.83. The van der Waals surface area contributed by atoms with E-state index >= 15 is 0 Å². The summed E-state index contributed by atoms with van der Waals surface area (Å²) in [6, 6.07) is 8.77. The maximum Gasteiger partial charge on any atom is 0.224 e. The molecule has 1 saturated heterocycles. The van der Waals surface area contributed by atoms with Crippen LogP contribution in [0.4, 0.5) is 0 Å². The van der Waals surface area contributed by atoms with E-state index in [2.05, 4.69) is 48.7 Å². The third-order valence-electron chi connectivity index (χ3n) is 4.38. The van der Waals surface area contributed by atoms with Gasteiger partial charge in [0.05, 0.1) is 6.42 Å². The van der Waals surface area contributed by atoms with Crippen molar-refractivity contribution >= 4 is 18.3 Å². The molecule has 0 aliphatic carbocycles. The molecule has 0 bridgehead atoms. The van der Waals surface area contributed by atoms with E-state index < -0.39 is 0 Å². The molecule has 3 nitrogen and oxygen atoms in total. The number of rotatable bonds is 6. The van der Waals surface area contributed by atoms with Gasteiger partial charge in [-0.15, -0.1) is 12.4 Å². The van der Waals surface area contributed by atoms with Crippen molar-refractivity contribution in [1.82, 2.24) is 10.6 Å². The van der Waals surface area contributed by atoms with Crippen molar-refractivity contribution < 1.29 is 4.79 Å². The lowest BCUT2D eigenvalue weighted by Gasteiger charge is -2.30. The molecule has 0 radical (unpaired) electrons. The van der Waals surface area contributed by atoms with Gasteiger partial charge in [-0.3, -0.25) is 4.79 Å². The molecule has 1 aliphatic heterocycles. The van der Waals surface area contributed by atoms with Crippen molar-refractivity contribution in [3.63, 3.8) is 0 Å². The van der Waals surface area contributed by atoms with Gasteiger partial charge in [-0.05, 0) is 42.9 Å². The summed E-state index contributed by atoms with van der Waals surface area (Å²) in [4.78, 5) is 12.1. The van der Waals surface area contributed by atoms with E-state index in [4.69, 9.17) is 0 Å². The van der Waals surface area contributed by atoms with Gasteiger partial charge in [0.1, 0.15) is 0 Å². The van der Waals surface area contributed by atoms with E-state index in [9.17, 15) is 4.79 Å². The molecule has 0 aromatic heterocycles. The van der Waals surface area contributed by atoms with Gasteiger partial charge in [-0.2, -0.15) is 0 Å². The molecule has 2 N–H and O–H groups in total. The minimum atomic E-state index is 0. The number of piperidine rings is 1. The maximum absolute atomic E-state index is 12.1. The highest BCUT2D eigenvalue weighted by molar-refractivity contribution is 5.85. The van der Waals surface area contributed by atoms with E-state index in [1.165, 1.54) is 18.4 Å². The van der Waals surface area contributed by atoms with E-state index in [-0.39, 0.29) is 24.4 Å². The van der Waals surface area contributed by atoms with Crippen LogP contribution in [0.2, 0.25) is 0 Å². The van der Waals surface area contributed by atoms with Crippen molar-refractivity contribution in [3.05, 3.63) is 35.4 Å². The summed E-state index contributed by atoms with van der Waals surface area (Å²) in [5.41, 5.74) is 2.47. The van der Waals surface area contributed by atoms with Crippen LogP contribution in [0.15, 0.2) is 24.3 Å². The number of unbranched alkanes of at least 4 members (excludes halogenated alkanes) is 1. The molecule has 2 atom stereocenters. The molecule has 2 rings (SSSR count). The molecule has 1 heterocycles. The van der Waals surface area contributed by atoms with Gasteiger partial charge in [0.15, 0.2) is 0 Å². The van der Waals surface area contributed by atoms with Crippen molar-refractivity contribution in [2.24, 2.45) is 5.92 Å². The first-order valence-corrected chi connectivity index (χ1v) is 8.27.